The molecule has 2 unspecified atom stereocenters. The van der Waals surface area contributed by atoms with E-state index >= 15 is 0 Å². The van der Waals surface area contributed by atoms with Gasteiger partial charge in [-0.1, -0.05) is 36.7 Å². The molecular formula is C13H19ClN2O. The first-order valence-electron chi connectivity index (χ1n) is 5.74. The number of nitrogens with one attached hydrogen (secondary N) is 1. The van der Waals surface area contributed by atoms with Gasteiger partial charge in [0.15, 0.2) is 0 Å². The molecule has 0 saturated carbocycles. The minimum Gasteiger partial charge on any atom is -0.349 e. The van der Waals surface area contributed by atoms with Crippen LogP contribution in [0.1, 0.15) is 32.4 Å². The lowest BCUT2D eigenvalue weighted by Crippen LogP contribution is -2.39. The normalized spacial score (nSPS) is 16.1. The molecule has 1 aromatic rings. The highest BCUT2D eigenvalue weighted by Gasteiger charge is 2.19. The first-order chi connectivity index (χ1) is 7.93. The van der Waals surface area contributed by atoms with E-state index in [1.807, 2.05) is 45.0 Å². The van der Waals surface area contributed by atoms with Gasteiger partial charge >= 0.3 is 0 Å². The number of carbonyl (C=O) groups excluding carboxylic acids is 1. The van der Waals surface area contributed by atoms with Crippen LogP contribution in [0.5, 0.6) is 0 Å². The van der Waals surface area contributed by atoms with Crippen LogP contribution in [0.25, 0.3) is 0 Å². The van der Waals surface area contributed by atoms with Crippen molar-refractivity contribution in [2.24, 2.45) is 11.7 Å². The van der Waals surface area contributed by atoms with E-state index in [0.717, 1.165) is 5.56 Å². The Hall–Kier alpha value is -1.06. The average Bonchev–Trinajstić information content (AvgIpc) is 2.28. The first kappa shape index (κ1) is 14.0. The number of benzene rings is 1. The zero-order valence-corrected chi connectivity index (χ0v) is 11.2. The molecule has 1 aromatic carbocycles. The van der Waals surface area contributed by atoms with E-state index in [1.54, 1.807) is 0 Å². The Morgan fingerprint density at radius 1 is 1.29 bits per heavy atom. The van der Waals surface area contributed by atoms with Crippen molar-refractivity contribution in [2.75, 3.05) is 0 Å². The van der Waals surface area contributed by atoms with E-state index in [2.05, 4.69) is 5.32 Å². The highest BCUT2D eigenvalue weighted by Crippen LogP contribution is 2.22. The summed E-state index contributed by atoms with van der Waals surface area (Å²) in [6, 6.07) is 7.22. The molecule has 0 aromatic heterocycles. The molecule has 0 spiro atoms. The standard InChI is InChI=1S/C13H19ClN2O/c1-8(9(2)15)13(17)16-10(3)11-6-4-5-7-12(11)14/h4-10H,15H2,1-3H3,(H,16,17)/t8?,9?,10-/m0/s1. The second kappa shape index (κ2) is 6.03. The van der Waals surface area contributed by atoms with Gasteiger partial charge < -0.3 is 11.1 Å². The van der Waals surface area contributed by atoms with Crippen molar-refractivity contribution in [3.8, 4) is 0 Å². The second-order valence-electron chi connectivity index (χ2n) is 4.40. The zero-order valence-electron chi connectivity index (χ0n) is 10.4. The predicted molar refractivity (Wildman–Crippen MR) is 70.8 cm³/mol. The van der Waals surface area contributed by atoms with Crippen LogP contribution in [0.3, 0.4) is 0 Å². The molecule has 1 rings (SSSR count). The van der Waals surface area contributed by atoms with Crippen molar-refractivity contribution < 1.29 is 4.79 Å². The molecule has 3 nitrogen and oxygen atoms in total. The molecule has 0 radical (unpaired) electrons. The average molecular weight is 255 g/mol. The summed E-state index contributed by atoms with van der Waals surface area (Å²) in [5, 5.41) is 3.58. The van der Waals surface area contributed by atoms with Gasteiger partial charge in [0.2, 0.25) is 5.91 Å². The Morgan fingerprint density at radius 2 is 1.88 bits per heavy atom. The van der Waals surface area contributed by atoms with Crippen molar-refractivity contribution >= 4 is 17.5 Å². The Balaban J connectivity index is 2.70. The number of hydrogen-bond donors (Lipinski definition) is 2. The number of carbonyl (C=O) groups is 1. The largest absolute Gasteiger partial charge is 0.349 e. The highest BCUT2D eigenvalue weighted by molar-refractivity contribution is 6.31. The SMILES string of the molecule is CC(N)C(C)C(=O)N[C@@H](C)c1ccccc1Cl. The van der Waals surface area contributed by atoms with Crippen LogP contribution in [-0.2, 0) is 4.79 Å². The minimum atomic E-state index is -0.208. The predicted octanol–water partition coefficient (Wildman–Crippen LogP) is 2.50. The number of halogens is 1. The molecule has 0 heterocycles. The summed E-state index contributed by atoms with van der Waals surface area (Å²) in [7, 11) is 0. The Bertz CT molecular complexity index is 393. The minimum absolute atomic E-state index is 0.0487. The van der Waals surface area contributed by atoms with Gasteiger partial charge in [-0.2, -0.15) is 0 Å². The fourth-order valence-electron chi connectivity index (χ4n) is 1.49. The fourth-order valence-corrected chi connectivity index (χ4v) is 1.79. The molecule has 3 N–H and O–H groups in total. The summed E-state index contributed by atoms with van der Waals surface area (Å²) in [4.78, 5) is 11.8. The lowest BCUT2D eigenvalue weighted by molar-refractivity contribution is -0.125. The van der Waals surface area contributed by atoms with Crippen molar-refractivity contribution in [1.29, 1.82) is 0 Å². The van der Waals surface area contributed by atoms with E-state index in [4.69, 9.17) is 17.3 Å². The highest BCUT2D eigenvalue weighted by atomic mass is 35.5. The van der Waals surface area contributed by atoms with Crippen molar-refractivity contribution in [1.82, 2.24) is 5.32 Å². The maximum atomic E-state index is 11.8. The third kappa shape index (κ3) is 3.72. The molecule has 0 aliphatic carbocycles. The number of amides is 1. The zero-order chi connectivity index (χ0) is 13.0. The number of nitrogens with two attached hydrogens (primary N) is 1. The number of hydrogen-bond acceptors (Lipinski definition) is 2. The van der Waals surface area contributed by atoms with E-state index < -0.39 is 0 Å². The van der Waals surface area contributed by atoms with Gasteiger partial charge in [0.05, 0.1) is 6.04 Å². The molecule has 0 aliphatic heterocycles. The Morgan fingerprint density at radius 3 is 2.41 bits per heavy atom. The van der Waals surface area contributed by atoms with Crippen molar-refractivity contribution in [3.05, 3.63) is 34.9 Å². The fraction of sp³-hybridized carbons (Fsp3) is 0.462. The molecular weight excluding hydrogens is 236 g/mol. The molecule has 0 saturated heterocycles. The van der Waals surface area contributed by atoms with Gasteiger partial charge in [0, 0.05) is 17.0 Å². The molecule has 0 aliphatic rings. The summed E-state index contributed by atoms with van der Waals surface area (Å²) < 4.78 is 0. The Labute approximate surface area is 107 Å². The van der Waals surface area contributed by atoms with Gasteiger partial charge in [0.1, 0.15) is 0 Å². The second-order valence-corrected chi connectivity index (χ2v) is 4.81. The molecule has 4 heteroatoms. The first-order valence-corrected chi connectivity index (χ1v) is 6.11. The smallest absolute Gasteiger partial charge is 0.224 e. The van der Waals surface area contributed by atoms with Crippen molar-refractivity contribution in [3.63, 3.8) is 0 Å². The van der Waals surface area contributed by atoms with Crippen LogP contribution in [-0.4, -0.2) is 11.9 Å². The summed E-state index contributed by atoms with van der Waals surface area (Å²) >= 11 is 6.07. The van der Waals surface area contributed by atoms with E-state index in [9.17, 15) is 4.79 Å². The lowest BCUT2D eigenvalue weighted by Gasteiger charge is -2.20. The third-order valence-electron chi connectivity index (χ3n) is 2.93. The molecule has 3 atom stereocenters. The Kier molecular flexibility index (Phi) is 4.97. The number of rotatable bonds is 4. The summed E-state index contributed by atoms with van der Waals surface area (Å²) in [6.07, 6.45) is 0. The van der Waals surface area contributed by atoms with E-state index in [-0.39, 0.29) is 23.9 Å². The molecule has 0 fully saturated rings. The topological polar surface area (TPSA) is 55.1 Å². The molecule has 17 heavy (non-hydrogen) atoms. The van der Waals surface area contributed by atoms with Gasteiger partial charge in [0.25, 0.3) is 0 Å². The molecule has 0 bridgehead atoms. The van der Waals surface area contributed by atoms with Crippen LogP contribution >= 0.6 is 11.6 Å². The quantitative estimate of drug-likeness (QED) is 0.868. The van der Waals surface area contributed by atoms with Gasteiger partial charge in [-0.3, -0.25) is 4.79 Å². The third-order valence-corrected chi connectivity index (χ3v) is 3.28. The maximum absolute atomic E-state index is 11.8. The van der Waals surface area contributed by atoms with Crippen LogP contribution in [0.4, 0.5) is 0 Å². The van der Waals surface area contributed by atoms with Gasteiger partial charge in [-0.05, 0) is 25.5 Å². The summed E-state index contributed by atoms with van der Waals surface area (Å²) in [5.74, 6) is -0.257. The van der Waals surface area contributed by atoms with E-state index in [0.29, 0.717) is 5.02 Å². The molecule has 94 valence electrons. The van der Waals surface area contributed by atoms with Crippen LogP contribution in [0, 0.1) is 5.92 Å². The monoisotopic (exact) mass is 254 g/mol. The summed E-state index contributed by atoms with van der Waals surface area (Å²) in [6.45, 7) is 5.55. The van der Waals surface area contributed by atoms with E-state index in [1.165, 1.54) is 0 Å². The molecule has 1 amide bonds. The van der Waals surface area contributed by atoms with Gasteiger partial charge in [-0.25, -0.2) is 0 Å². The lowest BCUT2D eigenvalue weighted by atomic mass is 10.0. The van der Waals surface area contributed by atoms with Crippen LogP contribution in [0.2, 0.25) is 5.02 Å². The van der Waals surface area contributed by atoms with Crippen LogP contribution in [0.15, 0.2) is 24.3 Å². The van der Waals surface area contributed by atoms with Gasteiger partial charge in [-0.15, -0.1) is 0 Å². The van der Waals surface area contributed by atoms with Crippen LogP contribution < -0.4 is 11.1 Å². The van der Waals surface area contributed by atoms with Crippen molar-refractivity contribution in [2.45, 2.75) is 32.9 Å². The maximum Gasteiger partial charge on any atom is 0.224 e. The summed E-state index contributed by atoms with van der Waals surface area (Å²) in [5.41, 5.74) is 6.61.